The molecule has 1 saturated carbocycles. The van der Waals surface area contributed by atoms with E-state index in [-0.39, 0.29) is 0 Å². The molecule has 0 amide bonds. The lowest BCUT2D eigenvalue weighted by atomic mass is 10.4. The Morgan fingerprint density at radius 1 is 1.50 bits per heavy atom. The first kappa shape index (κ1) is 9.65. The number of aromatic nitrogens is 1. The second kappa shape index (κ2) is 4.09. The second-order valence-corrected chi connectivity index (χ2v) is 4.07. The average Bonchev–Trinajstić information content (AvgIpc) is 3.02. The third kappa shape index (κ3) is 2.12. The van der Waals surface area contributed by atoms with Crippen LogP contribution in [0.15, 0.2) is 17.2 Å². The summed E-state index contributed by atoms with van der Waals surface area (Å²) < 4.78 is 5.74. The van der Waals surface area contributed by atoms with Crippen molar-refractivity contribution in [2.45, 2.75) is 24.0 Å². The molecule has 1 heterocycles. The first-order valence-corrected chi connectivity index (χ1v) is 5.95. The average molecular weight is 210 g/mol. The number of thioether (sulfide) groups is 1. The lowest BCUT2D eigenvalue weighted by Gasteiger charge is -2.09. The fourth-order valence-electron chi connectivity index (χ4n) is 1.17. The van der Waals surface area contributed by atoms with Crippen LogP contribution in [0.5, 0.6) is 5.75 Å². The summed E-state index contributed by atoms with van der Waals surface area (Å²) in [5.74, 6) is 1.80. The van der Waals surface area contributed by atoms with Crippen molar-refractivity contribution in [3.63, 3.8) is 0 Å². The smallest absolute Gasteiger partial charge is 0.152 e. The summed E-state index contributed by atoms with van der Waals surface area (Å²) in [6.07, 6.45) is 4.81. The molecule has 1 aliphatic rings. The fraction of sp³-hybridized carbons (Fsp3) is 0.500. The summed E-state index contributed by atoms with van der Waals surface area (Å²) in [4.78, 5) is 4.42. The van der Waals surface area contributed by atoms with Gasteiger partial charge in [0.15, 0.2) is 5.75 Å². The number of ether oxygens (including phenoxy) is 1. The SMILES string of the molecule is CNc1ccc(OC2CC2)c(SC)n1. The van der Waals surface area contributed by atoms with Crippen molar-refractivity contribution in [3.8, 4) is 5.75 Å². The Bertz CT molecular complexity index is 326. The molecular weight excluding hydrogens is 196 g/mol. The van der Waals surface area contributed by atoms with E-state index >= 15 is 0 Å². The van der Waals surface area contributed by atoms with E-state index in [1.54, 1.807) is 11.8 Å². The minimum absolute atomic E-state index is 0.433. The van der Waals surface area contributed by atoms with Crippen molar-refractivity contribution in [2.75, 3.05) is 18.6 Å². The first-order chi connectivity index (χ1) is 6.83. The van der Waals surface area contributed by atoms with Crippen molar-refractivity contribution in [1.29, 1.82) is 0 Å². The predicted molar refractivity (Wildman–Crippen MR) is 59.2 cm³/mol. The van der Waals surface area contributed by atoms with Gasteiger partial charge in [-0.15, -0.1) is 11.8 Å². The number of pyridine rings is 1. The van der Waals surface area contributed by atoms with Gasteiger partial charge in [0.25, 0.3) is 0 Å². The van der Waals surface area contributed by atoms with Crippen molar-refractivity contribution in [1.82, 2.24) is 4.98 Å². The maximum Gasteiger partial charge on any atom is 0.152 e. The number of nitrogens with one attached hydrogen (secondary N) is 1. The zero-order chi connectivity index (χ0) is 9.97. The normalized spacial score (nSPS) is 15.3. The first-order valence-electron chi connectivity index (χ1n) is 4.73. The molecule has 1 aromatic rings. The molecule has 3 nitrogen and oxygen atoms in total. The quantitative estimate of drug-likeness (QED) is 0.774. The summed E-state index contributed by atoms with van der Waals surface area (Å²) in [5, 5.41) is 3.98. The van der Waals surface area contributed by atoms with E-state index in [0.29, 0.717) is 6.10 Å². The van der Waals surface area contributed by atoms with Crippen LogP contribution in [0.2, 0.25) is 0 Å². The van der Waals surface area contributed by atoms with Gasteiger partial charge < -0.3 is 10.1 Å². The molecule has 0 aliphatic heterocycles. The van der Waals surface area contributed by atoms with Crippen LogP contribution in [0.25, 0.3) is 0 Å². The van der Waals surface area contributed by atoms with Gasteiger partial charge >= 0.3 is 0 Å². The molecule has 0 saturated heterocycles. The largest absolute Gasteiger partial charge is 0.488 e. The van der Waals surface area contributed by atoms with Gasteiger partial charge in [0.2, 0.25) is 0 Å². The monoisotopic (exact) mass is 210 g/mol. The van der Waals surface area contributed by atoms with E-state index in [1.165, 1.54) is 12.8 Å². The van der Waals surface area contributed by atoms with E-state index in [4.69, 9.17) is 4.74 Å². The molecule has 76 valence electrons. The van der Waals surface area contributed by atoms with Crippen molar-refractivity contribution < 1.29 is 4.74 Å². The van der Waals surface area contributed by atoms with Crippen LogP contribution in [-0.2, 0) is 0 Å². The minimum atomic E-state index is 0.433. The molecule has 0 aromatic carbocycles. The molecule has 0 atom stereocenters. The Morgan fingerprint density at radius 3 is 2.86 bits per heavy atom. The van der Waals surface area contributed by atoms with Crippen LogP contribution >= 0.6 is 11.8 Å². The maximum absolute atomic E-state index is 5.74. The molecule has 1 N–H and O–H groups in total. The lowest BCUT2D eigenvalue weighted by molar-refractivity contribution is 0.293. The molecule has 0 bridgehead atoms. The van der Waals surface area contributed by atoms with Gasteiger partial charge in [-0.05, 0) is 31.2 Å². The van der Waals surface area contributed by atoms with Gasteiger partial charge in [0.1, 0.15) is 10.8 Å². The fourth-order valence-corrected chi connectivity index (χ4v) is 1.68. The number of anilines is 1. The van der Waals surface area contributed by atoms with Gasteiger partial charge in [-0.1, -0.05) is 0 Å². The van der Waals surface area contributed by atoms with E-state index in [9.17, 15) is 0 Å². The molecule has 0 unspecified atom stereocenters. The molecule has 4 heteroatoms. The summed E-state index contributed by atoms with van der Waals surface area (Å²) in [7, 11) is 1.87. The van der Waals surface area contributed by atoms with Gasteiger partial charge in [-0.25, -0.2) is 4.98 Å². The van der Waals surface area contributed by atoms with E-state index < -0.39 is 0 Å². The van der Waals surface area contributed by atoms with Crippen molar-refractivity contribution in [2.24, 2.45) is 0 Å². The summed E-state index contributed by atoms with van der Waals surface area (Å²) >= 11 is 1.62. The maximum atomic E-state index is 5.74. The predicted octanol–water partition coefficient (Wildman–Crippen LogP) is 2.39. The Kier molecular flexibility index (Phi) is 2.82. The van der Waals surface area contributed by atoms with Crippen LogP contribution in [0.4, 0.5) is 5.82 Å². The van der Waals surface area contributed by atoms with Crippen LogP contribution in [0, 0.1) is 0 Å². The Labute approximate surface area is 88.3 Å². The topological polar surface area (TPSA) is 34.1 Å². The van der Waals surface area contributed by atoms with Gasteiger partial charge in [-0.3, -0.25) is 0 Å². The summed E-state index contributed by atoms with van der Waals surface area (Å²) in [6, 6.07) is 3.93. The molecule has 0 radical (unpaired) electrons. The minimum Gasteiger partial charge on any atom is -0.488 e. The zero-order valence-electron chi connectivity index (χ0n) is 8.41. The Morgan fingerprint density at radius 2 is 2.29 bits per heavy atom. The highest BCUT2D eigenvalue weighted by molar-refractivity contribution is 7.98. The molecule has 14 heavy (non-hydrogen) atoms. The summed E-state index contributed by atoms with van der Waals surface area (Å²) in [5.41, 5.74) is 0. The van der Waals surface area contributed by atoms with Crippen LogP contribution in [0.1, 0.15) is 12.8 Å². The highest BCUT2D eigenvalue weighted by Gasteiger charge is 2.24. The van der Waals surface area contributed by atoms with E-state index in [2.05, 4.69) is 10.3 Å². The Hall–Kier alpha value is -0.900. The van der Waals surface area contributed by atoms with Crippen molar-refractivity contribution >= 4 is 17.6 Å². The van der Waals surface area contributed by atoms with Crippen LogP contribution in [0.3, 0.4) is 0 Å². The number of rotatable bonds is 4. The number of nitrogens with zero attached hydrogens (tertiary/aromatic N) is 1. The molecule has 2 rings (SSSR count). The van der Waals surface area contributed by atoms with Crippen LogP contribution < -0.4 is 10.1 Å². The van der Waals surface area contributed by atoms with Gasteiger partial charge in [-0.2, -0.15) is 0 Å². The summed E-state index contributed by atoms with van der Waals surface area (Å²) in [6.45, 7) is 0. The third-order valence-electron chi connectivity index (χ3n) is 2.09. The third-order valence-corrected chi connectivity index (χ3v) is 2.77. The van der Waals surface area contributed by atoms with Crippen molar-refractivity contribution in [3.05, 3.63) is 12.1 Å². The highest BCUT2D eigenvalue weighted by atomic mass is 32.2. The standard InChI is InChI=1S/C10H14N2OS/c1-11-9-6-5-8(10(12-9)14-2)13-7-3-4-7/h5-7H,3-4H2,1-2H3,(H,11,12). The lowest BCUT2D eigenvalue weighted by Crippen LogP contribution is -2.00. The van der Waals surface area contributed by atoms with E-state index in [0.717, 1.165) is 16.6 Å². The second-order valence-electron chi connectivity index (χ2n) is 3.27. The van der Waals surface area contributed by atoms with Crippen LogP contribution in [-0.4, -0.2) is 24.4 Å². The molecule has 0 spiro atoms. The number of hydrogen-bond donors (Lipinski definition) is 1. The molecule has 1 aliphatic carbocycles. The molecular formula is C10H14N2OS. The Balaban J connectivity index is 2.19. The number of hydrogen-bond acceptors (Lipinski definition) is 4. The van der Waals surface area contributed by atoms with Gasteiger partial charge in [0.05, 0.1) is 6.10 Å². The van der Waals surface area contributed by atoms with Gasteiger partial charge in [0, 0.05) is 7.05 Å². The van der Waals surface area contributed by atoms with E-state index in [1.807, 2.05) is 25.4 Å². The highest BCUT2D eigenvalue weighted by Crippen LogP contribution is 2.32. The molecule has 1 aromatic heterocycles. The zero-order valence-corrected chi connectivity index (χ0v) is 9.23. The molecule has 1 fully saturated rings.